The Morgan fingerprint density at radius 2 is 2.00 bits per heavy atom. The lowest BCUT2D eigenvalue weighted by molar-refractivity contribution is 0.0622. The summed E-state index contributed by atoms with van der Waals surface area (Å²) in [4.78, 5) is 19.2. The third-order valence-electron chi connectivity index (χ3n) is 5.45. The Bertz CT molecular complexity index is 762. The van der Waals surface area contributed by atoms with E-state index in [1.54, 1.807) is 11.3 Å². The van der Waals surface area contributed by atoms with Crippen molar-refractivity contribution in [2.24, 2.45) is 5.92 Å². The molecule has 0 radical (unpaired) electrons. The average molecular weight is 356 g/mol. The molecule has 3 aliphatic heterocycles. The zero-order chi connectivity index (χ0) is 17.4. The van der Waals surface area contributed by atoms with Gasteiger partial charge in [0.2, 0.25) is 0 Å². The van der Waals surface area contributed by atoms with E-state index in [-0.39, 0.29) is 5.91 Å². The summed E-state index contributed by atoms with van der Waals surface area (Å²) in [5, 5.41) is 3.28. The maximum atomic E-state index is 12.7. The number of rotatable bonds is 4. The maximum Gasteiger partial charge on any atom is 0.261 e. The number of benzene rings is 1. The number of carbonyl (C=O) groups is 1. The number of carbonyl (C=O) groups excluding carboxylic acids is 1. The van der Waals surface area contributed by atoms with Gasteiger partial charge < -0.3 is 15.1 Å². The van der Waals surface area contributed by atoms with E-state index < -0.39 is 0 Å². The van der Waals surface area contributed by atoms with Gasteiger partial charge >= 0.3 is 0 Å². The summed E-state index contributed by atoms with van der Waals surface area (Å²) in [5.41, 5.74) is 2.34. The average Bonchev–Trinajstić information content (AvgIpc) is 3.13. The van der Waals surface area contributed by atoms with Gasteiger partial charge in [0.15, 0.2) is 0 Å². The summed E-state index contributed by atoms with van der Waals surface area (Å²) < 4.78 is 0. The minimum atomic E-state index is 0.0822. The highest BCUT2D eigenvalue weighted by molar-refractivity contribution is 7.17. The van der Waals surface area contributed by atoms with Gasteiger partial charge in [0.1, 0.15) is 0 Å². The molecule has 0 unspecified atom stereocenters. The van der Waals surface area contributed by atoms with Gasteiger partial charge in [0.05, 0.1) is 4.88 Å². The van der Waals surface area contributed by atoms with Crippen molar-refractivity contribution in [2.45, 2.75) is 18.9 Å². The highest BCUT2D eigenvalue weighted by Gasteiger charge is 2.35. The lowest BCUT2D eigenvalue weighted by atomic mass is 9.84. The largest absolute Gasteiger partial charge is 0.378 e. The van der Waals surface area contributed by atoms with Gasteiger partial charge in [-0.3, -0.25) is 4.79 Å². The van der Waals surface area contributed by atoms with E-state index in [0.29, 0.717) is 12.0 Å². The van der Waals surface area contributed by atoms with Crippen molar-refractivity contribution in [1.29, 1.82) is 0 Å². The lowest BCUT2D eigenvalue weighted by Gasteiger charge is -2.44. The van der Waals surface area contributed by atoms with Crippen molar-refractivity contribution < 1.29 is 4.79 Å². The predicted molar refractivity (Wildman–Crippen MR) is 105 cm³/mol. The summed E-state index contributed by atoms with van der Waals surface area (Å²) >= 11 is 1.58. The molecule has 5 heteroatoms. The molecule has 5 rings (SSSR count). The van der Waals surface area contributed by atoms with Gasteiger partial charge in [-0.2, -0.15) is 0 Å². The minimum absolute atomic E-state index is 0.0822. The van der Waals surface area contributed by atoms with Crippen molar-refractivity contribution in [2.75, 3.05) is 38.6 Å². The van der Waals surface area contributed by atoms with E-state index >= 15 is 0 Å². The van der Waals surface area contributed by atoms with Crippen LogP contribution < -0.4 is 10.2 Å². The number of anilines is 1. The fraction of sp³-hybridized carbons (Fsp3) is 0.450. The second kappa shape index (κ2) is 6.81. The minimum Gasteiger partial charge on any atom is -0.378 e. The van der Waals surface area contributed by atoms with Crippen LogP contribution in [0.4, 0.5) is 5.69 Å². The van der Waals surface area contributed by atoms with Crippen LogP contribution in [0.15, 0.2) is 36.4 Å². The van der Waals surface area contributed by atoms with Gasteiger partial charge in [0.25, 0.3) is 5.91 Å². The maximum absolute atomic E-state index is 12.7. The van der Waals surface area contributed by atoms with Crippen LogP contribution in [0.25, 0.3) is 10.4 Å². The number of hydrogen-bond donors (Lipinski definition) is 1. The number of nitrogens with zero attached hydrogens (tertiary/aromatic N) is 2. The van der Waals surface area contributed by atoms with Crippen LogP contribution in [0.3, 0.4) is 0 Å². The molecular formula is C20H25N3OS. The molecule has 0 saturated carbocycles. The van der Waals surface area contributed by atoms with Crippen molar-refractivity contribution in [3.8, 4) is 10.4 Å². The molecule has 1 atom stereocenters. The molecule has 132 valence electrons. The monoisotopic (exact) mass is 355 g/mol. The quantitative estimate of drug-likeness (QED) is 0.914. The Morgan fingerprint density at radius 1 is 1.20 bits per heavy atom. The Kier molecular flexibility index (Phi) is 4.52. The first-order valence-corrected chi connectivity index (χ1v) is 9.82. The summed E-state index contributed by atoms with van der Waals surface area (Å²) in [6.07, 6.45) is 2.44. The van der Waals surface area contributed by atoms with Gasteiger partial charge in [0, 0.05) is 37.2 Å². The van der Waals surface area contributed by atoms with Crippen LogP contribution in [0.5, 0.6) is 0 Å². The van der Waals surface area contributed by atoms with Crippen molar-refractivity contribution in [3.63, 3.8) is 0 Å². The van der Waals surface area contributed by atoms with E-state index in [1.807, 2.05) is 20.2 Å². The molecule has 2 aromatic rings. The highest BCUT2D eigenvalue weighted by atomic mass is 32.1. The molecule has 25 heavy (non-hydrogen) atoms. The Morgan fingerprint density at radius 3 is 2.68 bits per heavy atom. The number of amides is 1. The first kappa shape index (κ1) is 16.6. The molecule has 1 amide bonds. The topological polar surface area (TPSA) is 35.6 Å². The van der Waals surface area contributed by atoms with Crippen LogP contribution in [0.2, 0.25) is 0 Å². The number of piperidine rings is 3. The number of hydrogen-bond acceptors (Lipinski definition) is 4. The number of thiophene rings is 1. The molecule has 1 aromatic carbocycles. The zero-order valence-corrected chi connectivity index (χ0v) is 15.7. The molecule has 3 aliphatic rings. The molecule has 0 spiro atoms. The van der Waals surface area contributed by atoms with Gasteiger partial charge in [-0.25, -0.2) is 0 Å². The Balaban J connectivity index is 1.47. The van der Waals surface area contributed by atoms with Crippen molar-refractivity contribution in [1.82, 2.24) is 10.2 Å². The molecular weight excluding hydrogens is 330 g/mol. The van der Waals surface area contributed by atoms with E-state index in [0.717, 1.165) is 21.9 Å². The van der Waals surface area contributed by atoms with Crippen molar-refractivity contribution in [3.05, 3.63) is 41.3 Å². The smallest absolute Gasteiger partial charge is 0.261 e. The van der Waals surface area contributed by atoms with Crippen LogP contribution in [-0.4, -0.2) is 50.6 Å². The van der Waals surface area contributed by atoms with E-state index in [4.69, 9.17) is 0 Å². The summed E-state index contributed by atoms with van der Waals surface area (Å²) in [5.74, 6) is 0.740. The molecule has 4 nitrogen and oxygen atoms in total. The van der Waals surface area contributed by atoms with Gasteiger partial charge in [-0.05, 0) is 61.7 Å². The second-order valence-corrected chi connectivity index (χ2v) is 8.41. The summed E-state index contributed by atoms with van der Waals surface area (Å²) in [7, 11) is 4.08. The van der Waals surface area contributed by atoms with E-state index in [1.165, 1.54) is 31.6 Å². The van der Waals surface area contributed by atoms with E-state index in [2.05, 4.69) is 45.4 Å². The fourth-order valence-corrected chi connectivity index (χ4v) is 4.83. The number of nitrogens with one attached hydrogen (secondary N) is 1. The molecule has 1 N–H and O–H groups in total. The van der Waals surface area contributed by atoms with Gasteiger partial charge in [-0.15, -0.1) is 11.3 Å². The third kappa shape index (κ3) is 3.44. The highest BCUT2D eigenvalue weighted by Crippen LogP contribution is 2.31. The Hall–Kier alpha value is -1.85. The van der Waals surface area contributed by atoms with E-state index in [9.17, 15) is 4.79 Å². The van der Waals surface area contributed by atoms with Crippen molar-refractivity contribution >= 4 is 22.9 Å². The standard InChI is InChI=1S/C20H25N3OS/c1-22(2)16-5-3-4-15(12-16)18-6-7-19(25-18)20(24)21-17-13-23-10-8-14(17)9-11-23/h3-7,12,14,17H,8-11,13H2,1-2H3,(H,21,24)/t17-/m0/s1. The first-order valence-electron chi connectivity index (χ1n) is 9.01. The molecule has 3 saturated heterocycles. The molecule has 4 heterocycles. The Labute approximate surface area is 153 Å². The second-order valence-electron chi connectivity index (χ2n) is 7.33. The van der Waals surface area contributed by atoms with Crippen LogP contribution in [-0.2, 0) is 0 Å². The first-order chi connectivity index (χ1) is 12.1. The fourth-order valence-electron chi connectivity index (χ4n) is 3.92. The summed E-state index contributed by atoms with van der Waals surface area (Å²) in [6, 6.07) is 12.8. The summed E-state index contributed by atoms with van der Waals surface area (Å²) in [6.45, 7) is 3.41. The third-order valence-corrected chi connectivity index (χ3v) is 6.58. The zero-order valence-electron chi connectivity index (χ0n) is 14.9. The molecule has 3 fully saturated rings. The van der Waals surface area contributed by atoms with Crippen LogP contribution in [0.1, 0.15) is 22.5 Å². The predicted octanol–water partition coefficient (Wildman–Crippen LogP) is 3.31. The number of fused-ring (bicyclic) bond motifs is 3. The molecule has 1 aromatic heterocycles. The normalized spacial score (nSPS) is 25.0. The SMILES string of the molecule is CN(C)c1cccc(-c2ccc(C(=O)N[C@H]3CN4CCC3CC4)s2)c1. The van der Waals surface area contributed by atoms with Crippen LogP contribution in [0, 0.1) is 5.92 Å². The lowest BCUT2D eigenvalue weighted by Crippen LogP contribution is -2.57. The molecule has 0 aliphatic carbocycles. The molecule has 2 bridgehead atoms. The van der Waals surface area contributed by atoms with Gasteiger partial charge in [-0.1, -0.05) is 12.1 Å². The van der Waals surface area contributed by atoms with Crippen LogP contribution >= 0.6 is 11.3 Å².